The van der Waals surface area contributed by atoms with E-state index in [0.717, 1.165) is 12.8 Å². The molecule has 9 heteroatoms. The molecule has 1 saturated heterocycles. The Labute approximate surface area is 149 Å². The molecular weight excluding hydrogens is 349 g/mol. The van der Waals surface area contributed by atoms with Gasteiger partial charge in [0.25, 0.3) is 0 Å². The third kappa shape index (κ3) is 3.79. The average Bonchev–Trinajstić information content (AvgIpc) is 2.58. The van der Waals surface area contributed by atoms with Crippen molar-refractivity contribution in [2.75, 3.05) is 23.3 Å². The van der Waals surface area contributed by atoms with Gasteiger partial charge in [-0.2, -0.15) is 0 Å². The minimum Gasteiger partial charge on any atom is -0.351 e. The van der Waals surface area contributed by atoms with Crippen molar-refractivity contribution in [1.82, 2.24) is 9.97 Å². The summed E-state index contributed by atoms with van der Waals surface area (Å²) < 4.78 is 13.3. The molecule has 2 aromatic rings. The van der Waals surface area contributed by atoms with Crippen molar-refractivity contribution in [2.24, 2.45) is 5.92 Å². The van der Waals surface area contributed by atoms with Crippen LogP contribution in [0.25, 0.3) is 0 Å². The van der Waals surface area contributed by atoms with Crippen molar-refractivity contribution in [3.05, 3.63) is 45.5 Å². The van der Waals surface area contributed by atoms with E-state index >= 15 is 0 Å². The molecule has 0 radical (unpaired) electrons. The number of piperidine rings is 1. The largest absolute Gasteiger partial charge is 0.353 e. The quantitative estimate of drug-likeness (QED) is 0.647. The summed E-state index contributed by atoms with van der Waals surface area (Å²) in [7, 11) is 0. The normalized spacial score (nSPS) is 15.2. The molecule has 3 rings (SSSR count). The SMILES string of the molecule is CC1CCN(c2ncnc(Nc3ccc(F)c(Cl)c3)c2[N+](=O)[O-])CC1. The first kappa shape index (κ1) is 17.3. The van der Waals surface area contributed by atoms with Crippen LogP contribution < -0.4 is 10.2 Å². The fourth-order valence-electron chi connectivity index (χ4n) is 2.79. The van der Waals surface area contributed by atoms with E-state index in [0.29, 0.717) is 30.5 Å². The minimum atomic E-state index is -0.562. The maximum absolute atomic E-state index is 13.3. The number of halogens is 2. The molecule has 0 aliphatic carbocycles. The lowest BCUT2D eigenvalue weighted by molar-refractivity contribution is -0.383. The number of nitrogens with zero attached hydrogens (tertiary/aromatic N) is 4. The number of hydrogen-bond donors (Lipinski definition) is 1. The molecule has 1 aromatic heterocycles. The molecule has 0 unspecified atom stereocenters. The molecule has 7 nitrogen and oxygen atoms in total. The number of nitrogens with one attached hydrogen (secondary N) is 1. The van der Waals surface area contributed by atoms with E-state index in [9.17, 15) is 14.5 Å². The van der Waals surface area contributed by atoms with Crippen molar-refractivity contribution in [3.8, 4) is 0 Å². The molecule has 1 fully saturated rings. The topological polar surface area (TPSA) is 84.2 Å². The Balaban J connectivity index is 1.95. The standard InChI is InChI=1S/C16H17ClFN5O2/c1-10-4-6-22(7-5-10)16-14(23(24)25)15(19-9-20-16)21-11-2-3-13(18)12(17)8-11/h2-3,8-10H,4-7H2,1H3,(H,19,20,21). The van der Waals surface area contributed by atoms with Gasteiger partial charge in [-0.1, -0.05) is 18.5 Å². The molecule has 0 bridgehead atoms. The highest BCUT2D eigenvalue weighted by Crippen LogP contribution is 2.35. The fourth-order valence-corrected chi connectivity index (χ4v) is 2.97. The first-order chi connectivity index (χ1) is 12.0. The number of aromatic nitrogens is 2. The zero-order valence-corrected chi connectivity index (χ0v) is 14.3. The lowest BCUT2D eigenvalue weighted by atomic mass is 9.99. The second-order valence-corrected chi connectivity index (χ2v) is 6.48. The minimum absolute atomic E-state index is 0.0521. The van der Waals surface area contributed by atoms with E-state index in [-0.39, 0.29) is 16.5 Å². The molecule has 0 amide bonds. The average molecular weight is 366 g/mol. The van der Waals surface area contributed by atoms with Crippen LogP contribution in [0.3, 0.4) is 0 Å². The Kier molecular flexibility index (Phi) is 4.98. The molecule has 2 heterocycles. The Morgan fingerprint density at radius 2 is 2.08 bits per heavy atom. The predicted octanol–water partition coefficient (Wildman–Crippen LogP) is 4.16. The molecular formula is C16H17ClFN5O2. The van der Waals surface area contributed by atoms with Gasteiger partial charge in [0, 0.05) is 18.8 Å². The Bertz CT molecular complexity index is 796. The monoisotopic (exact) mass is 365 g/mol. The zero-order valence-electron chi connectivity index (χ0n) is 13.6. The third-order valence-corrected chi connectivity index (χ3v) is 4.54. The van der Waals surface area contributed by atoms with Gasteiger partial charge in [-0.3, -0.25) is 10.1 Å². The summed E-state index contributed by atoms with van der Waals surface area (Å²) in [4.78, 5) is 21.2. The number of rotatable bonds is 4. The van der Waals surface area contributed by atoms with Crippen LogP contribution in [-0.4, -0.2) is 28.0 Å². The van der Waals surface area contributed by atoms with E-state index in [4.69, 9.17) is 11.6 Å². The molecule has 0 saturated carbocycles. The van der Waals surface area contributed by atoms with Gasteiger partial charge in [0.1, 0.15) is 12.1 Å². The molecule has 1 N–H and O–H groups in total. The van der Waals surface area contributed by atoms with Crippen LogP contribution in [0.4, 0.5) is 27.4 Å². The zero-order chi connectivity index (χ0) is 18.0. The smallest absolute Gasteiger partial charge is 0.351 e. The van der Waals surface area contributed by atoms with Gasteiger partial charge < -0.3 is 10.2 Å². The van der Waals surface area contributed by atoms with Gasteiger partial charge >= 0.3 is 5.69 Å². The van der Waals surface area contributed by atoms with Gasteiger partial charge in [-0.15, -0.1) is 0 Å². The van der Waals surface area contributed by atoms with Gasteiger partial charge in [0.15, 0.2) is 0 Å². The Morgan fingerprint density at radius 3 is 2.72 bits per heavy atom. The van der Waals surface area contributed by atoms with Crippen molar-refractivity contribution in [2.45, 2.75) is 19.8 Å². The lowest BCUT2D eigenvalue weighted by Crippen LogP contribution is -2.34. The fraction of sp³-hybridized carbons (Fsp3) is 0.375. The summed E-state index contributed by atoms with van der Waals surface area (Å²) >= 11 is 5.76. The van der Waals surface area contributed by atoms with Crippen LogP contribution in [0, 0.1) is 21.8 Å². The lowest BCUT2D eigenvalue weighted by Gasteiger charge is -2.30. The van der Waals surface area contributed by atoms with Gasteiger partial charge in [0.05, 0.1) is 9.95 Å². The van der Waals surface area contributed by atoms with Crippen molar-refractivity contribution in [3.63, 3.8) is 0 Å². The molecule has 0 atom stereocenters. The number of anilines is 3. The van der Waals surface area contributed by atoms with Crippen LogP contribution in [0.15, 0.2) is 24.5 Å². The Morgan fingerprint density at radius 1 is 1.36 bits per heavy atom. The summed E-state index contributed by atoms with van der Waals surface area (Å²) in [6.07, 6.45) is 3.20. The van der Waals surface area contributed by atoms with E-state index in [1.807, 2.05) is 4.90 Å². The molecule has 1 aromatic carbocycles. The summed E-state index contributed by atoms with van der Waals surface area (Å²) in [5, 5.41) is 14.4. The molecule has 1 aliphatic rings. The predicted molar refractivity (Wildman–Crippen MR) is 94.0 cm³/mol. The van der Waals surface area contributed by atoms with Crippen molar-refractivity contribution < 1.29 is 9.31 Å². The van der Waals surface area contributed by atoms with Crippen molar-refractivity contribution in [1.29, 1.82) is 0 Å². The van der Waals surface area contributed by atoms with Crippen LogP contribution in [0.5, 0.6) is 0 Å². The van der Waals surface area contributed by atoms with E-state index in [2.05, 4.69) is 22.2 Å². The van der Waals surface area contributed by atoms with Crippen molar-refractivity contribution >= 4 is 34.6 Å². The Hall–Kier alpha value is -2.48. The van der Waals surface area contributed by atoms with Crippen LogP contribution in [0.1, 0.15) is 19.8 Å². The number of nitro groups is 1. The summed E-state index contributed by atoms with van der Waals surface area (Å²) in [5.41, 5.74) is 0.212. The number of hydrogen-bond acceptors (Lipinski definition) is 6. The van der Waals surface area contributed by atoms with Gasteiger partial charge in [0.2, 0.25) is 11.6 Å². The highest BCUT2D eigenvalue weighted by molar-refractivity contribution is 6.31. The third-order valence-electron chi connectivity index (χ3n) is 4.25. The van der Waals surface area contributed by atoms with Crippen LogP contribution in [-0.2, 0) is 0 Å². The molecule has 0 spiro atoms. The molecule has 132 valence electrons. The molecule has 1 aliphatic heterocycles. The van der Waals surface area contributed by atoms with Crippen LogP contribution in [0.2, 0.25) is 5.02 Å². The van der Waals surface area contributed by atoms with Gasteiger partial charge in [-0.05, 0) is 37.0 Å². The second-order valence-electron chi connectivity index (χ2n) is 6.08. The highest BCUT2D eigenvalue weighted by atomic mass is 35.5. The highest BCUT2D eigenvalue weighted by Gasteiger charge is 2.29. The van der Waals surface area contributed by atoms with Gasteiger partial charge in [-0.25, -0.2) is 14.4 Å². The first-order valence-electron chi connectivity index (χ1n) is 7.92. The maximum Gasteiger partial charge on any atom is 0.353 e. The van der Waals surface area contributed by atoms with E-state index in [1.165, 1.54) is 24.5 Å². The summed E-state index contributed by atoms with van der Waals surface area (Å²) in [6, 6.07) is 3.98. The maximum atomic E-state index is 13.3. The van der Waals surface area contributed by atoms with E-state index in [1.54, 1.807) is 0 Å². The summed E-state index contributed by atoms with van der Waals surface area (Å²) in [5.74, 6) is 0.377. The summed E-state index contributed by atoms with van der Waals surface area (Å²) in [6.45, 7) is 3.58. The van der Waals surface area contributed by atoms with Crippen LogP contribution >= 0.6 is 11.6 Å². The molecule has 25 heavy (non-hydrogen) atoms. The second kappa shape index (κ2) is 7.18. The first-order valence-corrected chi connectivity index (χ1v) is 8.30. The number of benzene rings is 1. The van der Waals surface area contributed by atoms with E-state index < -0.39 is 10.7 Å².